The summed E-state index contributed by atoms with van der Waals surface area (Å²) < 4.78 is 11.3. The number of ether oxygens (including phenoxy) is 2. The van der Waals surface area contributed by atoms with E-state index in [4.69, 9.17) is 26.1 Å². The summed E-state index contributed by atoms with van der Waals surface area (Å²) in [5.41, 5.74) is 6.70. The Hall–Kier alpha value is -4.69. The molecule has 0 saturated carbocycles. The largest absolute Gasteiger partial charge is 0.492 e. The molecule has 10 nitrogen and oxygen atoms in total. The maximum atomic E-state index is 13.0. The zero-order valence-electron chi connectivity index (χ0n) is 26.0. The number of amides is 1. The van der Waals surface area contributed by atoms with E-state index < -0.39 is 0 Å². The number of carbonyl (C=O) groups is 1. The maximum Gasteiger partial charge on any atom is 0.248 e. The van der Waals surface area contributed by atoms with E-state index in [0.717, 1.165) is 36.7 Å². The Balaban J connectivity index is 1.31. The molecule has 0 aliphatic carbocycles. The number of carbonyl (C=O) groups excluding carboxylic acids is 1. The number of nitrogens with one attached hydrogen (secondary N) is 2. The van der Waals surface area contributed by atoms with Crippen molar-refractivity contribution < 1.29 is 14.3 Å². The van der Waals surface area contributed by atoms with Gasteiger partial charge in [0.2, 0.25) is 5.91 Å². The molecule has 4 aromatic rings. The molecule has 2 N–H and O–H groups in total. The van der Waals surface area contributed by atoms with E-state index in [2.05, 4.69) is 37.6 Å². The summed E-state index contributed by atoms with van der Waals surface area (Å²) in [5.74, 6) is 0.229. The van der Waals surface area contributed by atoms with Gasteiger partial charge in [-0.3, -0.25) is 19.7 Å². The number of rotatable bonds is 10. The second kappa shape index (κ2) is 14.2. The van der Waals surface area contributed by atoms with Crippen LogP contribution in [-0.4, -0.2) is 60.2 Å². The van der Waals surface area contributed by atoms with E-state index >= 15 is 0 Å². The van der Waals surface area contributed by atoms with Gasteiger partial charge in [0, 0.05) is 55.6 Å². The lowest BCUT2D eigenvalue weighted by Crippen LogP contribution is -2.36. The molecule has 11 heteroatoms. The SMILES string of the molecule is CCOc1cc2nc(CC)c(C#N)c(Nc3ccc(N4Cc5cccnc5C4)c(Cl)c3)c2cc1NC(=O)/C=C/CN1CCOCC1. The molecule has 0 spiro atoms. The van der Waals surface area contributed by atoms with Crippen LogP contribution in [0.3, 0.4) is 0 Å². The highest BCUT2D eigenvalue weighted by Gasteiger charge is 2.23. The van der Waals surface area contributed by atoms with Crippen LogP contribution in [0.25, 0.3) is 10.9 Å². The monoisotopic (exact) mass is 637 g/mol. The minimum absolute atomic E-state index is 0.275. The molecule has 2 aliphatic heterocycles. The Labute approximate surface area is 273 Å². The molecule has 0 bridgehead atoms. The van der Waals surface area contributed by atoms with E-state index in [1.807, 2.05) is 62.5 Å². The number of hydrogen-bond donors (Lipinski definition) is 2. The van der Waals surface area contributed by atoms with Crippen LogP contribution in [0.4, 0.5) is 22.7 Å². The van der Waals surface area contributed by atoms with Crippen LogP contribution in [-0.2, 0) is 29.0 Å². The van der Waals surface area contributed by atoms with Gasteiger partial charge in [0.1, 0.15) is 11.8 Å². The van der Waals surface area contributed by atoms with Crippen LogP contribution in [0.1, 0.15) is 36.4 Å². The number of nitriles is 1. The second-order valence-electron chi connectivity index (χ2n) is 11.1. The van der Waals surface area contributed by atoms with Crippen molar-refractivity contribution in [2.24, 2.45) is 0 Å². The Bertz CT molecular complexity index is 1810. The molecule has 0 radical (unpaired) electrons. The number of aromatic nitrogens is 2. The van der Waals surface area contributed by atoms with Gasteiger partial charge in [0.05, 0.1) is 70.9 Å². The van der Waals surface area contributed by atoms with E-state index in [0.29, 0.717) is 83.6 Å². The zero-order chi connectivity index (χ0) is 32.0. The van der Waals surface area contributed by atoms with Crippen LogP contribution in [0.15, 0.2) is 60.8 Å². The van der Waals surface area contributed by atoms with Gasteiger partial charge in [-0.25, -0.2) is 0 Å². The predicted octanol–water partition coefficient (Wildman–Crippen LogP) is 6.21. The van der Waals surface area contributed by atoms with Crippen LogP contribution < -0.4 is 20.3 Å². The average molecular weight is 638 g/mol. The van der Waals surface area contributed by atoms with Gasteiger partial charge >= 0.3 is 0 Å². The van der Waals surface area contributed by atoms with Gasteiger partial charge in [0.15, 0.2) is 0 Å². The van der Waals surface area contributed by atoms with Crippen LogP contribution in [0.2, 0.25) is 5.02 Å². The van der Waals surface area contributed by atoms with Crippen molar-refractivity contribution in [2.75, 3.05) is 55.0 Å². The van der Waals surface area contributed by atoms with Crippen molar-refractivity contribution >= 4 is 51.2 Å². The summed E-state index contributed by atoms with van der Waals surface area (Å²) in [6.07, 6.45) is 5.76. The third-order valence-electron chi connectivity index (χ3n) is 8.15. The quantitative estimate of drug-likeness (QED) is 0.196. The molecule has 4 heterocycles. The fourth-order valence-corrected chi connectivity index (χ4v) is 6.14. The van der Waals surface area contributed by atoms with E-state index in [1.165, 1.54) is 11.6 Å². The molecule has 6 rings (SSSR count). The Morgan fingerprint density at radius 1 is 1.17 bits per heavy atom. The van der Waals surface area contributed by atoms with Crippen molar-refractivity contribution in [1.29, 1.82) is 5.26 Å². The topological polar surface area (TPSA) is 116 Å². The van der Waals surface area contributed by atoms with Crippen molar-refractivity contribution in [3.63, 3.8) is 0 Å². The smallest absolute Gasteiger partial charge is 0.248 e. The first-order chi connectivity index (χ1) is 22.5. The van der Waals surface area contributed by atoms with Gasteiger partial charge in [-0.15, -0.1) is 0 Å². The summed E-state index contributed by atoms with van der Waals surface area (Å²) in [6.45, 7) is 9.44. The summed E-state index contributed by atoms with van der Waals surface area (Å²) in [5, 5.41) is 18.0. The second-order valence-corrected chi connectivity index (χ2v) is 11.5. The lowest BCUT2D eigenvalue weighted by atomic mass is 10.0. The predicted molar refractivity (Wildman–Crippen MR) is 181 cm³/mol. The molecule has 236 valence electrons. The van der Waals surface area contributed by atoms with Gasteiger partial charge in [-0.05, 0) is 49.2 Å². The van der Waals surface area contributed by atoms with Crippen LogP contribution in [0, 0.1) is 11.3 Å². The molecule has 2 aromatic heterocycles. The summed E-state index contributed by atoms with van der Waals surface area (Å²) >= 11 is 6.84. The Morgan fingerprint density at radius 2 is 2.02 bits per heavy atom. The lowest BCUT2D eigenvalue weighted by molar-refractivity contribution is -0.111. The maximum absolute atomic E-state index is 13.0. The minimum Gasteiger partial charge on any atom is -0.492 e. The van der Waals surface area contributed by atoms with Gasteiger partial charge in [0.25, 0.3) is 0 Å². The number of benzene rings is 2. The molecule has 0 atom stereocenters. The highest BCUT2D eigenvalue weighted by Crippen LogP contribution is 2.39. The standard InChI is InChI=1S/C35H36ClN7O3/c1-3-28-26(20-37)35(39-24-9-10-32(27(36)17-24)43-21-23-7-5-11-38-31(23)22-43)25-18-30(33(46-4-2)19-29(25)40-28)41-34(44)8-6-12-42-13-15-45-16-14-42/h5-11,17-19H,3-4,12-16,21-22H2,1-2H3,(H,39,40)(H,41,44)/b8-6+. The van der Waals surface area contributed by atoms with Crippen LogP contribution in [0.5, 0.6) is 5.75 Å². The van der Waals surface area contributed by atoms with Gasteiger partial charge < -0.3 is 25.0 Å². The first-order valence-corrected chi connectivity index (χ1v) is 15.9. The van der Waals surface area contributed by atoms with Crippen LogP contribution >= 0.6 is 11.6 Å². The highest BCUT2D eigenvalue weighted by atomic mass is 35.5. The fourth-order valence-electron chi connectivity index (χ4n) is 5.84. The molecule has 0 unspecified atom stereocenters. The fraction of sp³-hybridized carbons (Fsp3) is 0.314. The normalized spacial score (nSPS) is 14.8. The molecular weight excluding hydrogens is 602 g/mol. The lowest BCUT2D eigenvalue weighted by Gasteiger charge is -2.25. The molecule has 2 aromatic carbocycles. The van der Waals surface area contributed by atoms with E-state index in [9.17, 15) is 10.1 Å². The van der Waals surface area contributed by atoms with Crippen molar-refractivity contribution in [3.8, 4) is 11.8 Å². The summed E-state index contributed by atoms with van der Waals surface area (Å²) in [4.78, 5) is 26.7. The Morgan fingerprint density at radius 3 is 2.76 bits per heavy atom. The van der Waals surface area contributed by atoms with Crippen molar-refractivity contribution in [2.45, 2.75) is 33.4 Å². The number of nitrogens with zero attached hydrogens (tertiary/aromatic N) is 5. The average Bonchev–Trinajstić information content (AvgIpc) is 3.50. The molecule has 1 fully saturated rings. The zero-order valence-corrected chi connectivity index (χ0v) is 26.7. The molecular formula is C35H36ClN7O3. The first kappa shape index (κ1) is 31.3. The molecule has 2 aliphatic rings. The Kier molecular flexibility index (Phi) is 9.64. The number of halogens is 1. The third kappa shape index (κ3) is 6.77. The molecule has 46 heavy (non-hydrogen) atoms. The highest BCUT2D eigenvalue weighted by molar-refractivity contribution is 6.33. The summed E-state index contributed by atoms with van der Waals surface area (Å²) in [7, 11) is 0. The van der Waals surface area contributed by atoms with Crippen molar-refractivity contribution in [3.05, 3.63) is 88.4 Å². The molecule has 1 amide bonds. The molecule has 1 saturated heterocycles. The number of morpholine rings is 1. The van der Waals surface area contributed by atoms with E-state index in [-0.39, 0.29) is 5.91 Å². The minimum atomic E-state index is -0.275. The van der Waals surface area contributed by atoms with Gasteiger partial charge in [-0.2, -0.15) is 5.26 Å². The van der Waals surface area contributed by atoms with Crippen molar-refractivity contribution in [1.82, 2.24) is 14.9 Å². The number of aryl methyl sites for hydroxylation is 1. The summed E-state index contributed by atoms with van der Waals surface area (Å²) in [6, 6.07) is 15.8. The van der Waals surface area contributed by atoms with E-state index in [1.54, 1.807) is 0 Å². The first-order valence-electron chi connectivity index (χ1n) is 15.5. The number of anilines is 4. The number of pyridine rings is 2. The van der Waals surface area contributed by atoms with Gasteiger partial charge in [-0.1, -0.05) is 30.7 Å². The number of hydrogen-bond acceptors (Lipinski definition) is 9. The number of fused-ring (bicyclic) bond motifs is 2. The third-order valence-corrected chi connectivity index (χ3v) is 8.45.